The van der Waals surface area contributed by atoms with Crippen LogP contribution in [0.15, 0.2) is 30.3 Å². The summed E-state index contributed by atoms with van der Waals surface area (Å²) in [7, 11) is 0. The van der Waals surface area contributed by atoms with Crippen molar-refractivity contribution in [1.82, 2.24) is 20.3 Å². The maximum atomic E-state index is 9.22. The van der Waals surface area contributed by atoms with Crippen molar-refractivity contribution < 1.29 is 9.84 Å². The number of pyridine rings is 1. The van der Waals surface area contributed by atoms with Crippen molar-refractivity contribution >= 4 is 37.6 Å². The number of fused-ring (bicyclic) bond motifs is 3. The summed E-state index contributed by atoms with van der Waals surface area (Å²) in [4.78, 5) is 17.8. The zero-order valence-electron chi connectivity index (χ0n) is 18.4. The van der Waals surface area contributed by atoms with Crippen molar-refractivity contribution in [2.24, 2.45) is 0 Å². The first kappa shape index (κ1) is 21.1. The third-order valence-electron chi connectivity index (χ3n) is 5.80. The van der Waals surface area contributed by atoms with Gasteiger partial charge in [-0.05, 0) is 25.0 Å². The molecule has 1 aromatic carbocycles. The number of hydrogen-bond donors (Lipinski definition) is 2. The molecule has 0 aliphatic carbocycles. The molecule has 4 heterocycles. The van der Waals surface area contributed by atoms with E-state index in [1.807, 2.05) is 0 Å². The van der Waals surface area contributed by atoms with E-state index in [0.29, 0.717) is 6.01 Å². The first-order chi connectivity index (χ1) is 15.7. The Morgan fingerprint density at radius 1 is 1.12 bits per heavy atom. The molecule has 1 aliphatic heterocycles. The molecule has 0 atom stereocenters. The van der Waals surface area contributed by atoms with Gasteiger partial charge in [-0.25, -0.2) is 4.98 Å². The van der Waals surface area contributed by atoms with Crippen molar-refractivity contribution in [3.8, 4) is 17.3 Å². The van der Waals surface area contributed by atoms with E-state index in [2.05, 4.69) is 54.4 Å². The van der Waals surface area contributed by atoms with Crippen LogP contribution in [0.2, 0.25) is 0 Å². The largest absolute Gasteiger partial charge is 0.461 e. The van der Waals surface area contributed by atoms with Crippen LogP contribution >= 0.6 is 11.3 Å². The lowest BCUT2D eigenvalue weighted by Crippen LogP contribution is -2.44. The average Bonchev–Trinajstić information content (AvgIpc) is 3.21. The fraction of sp³-hybridized carbons (Fsp3) is 0.375. The van der Waals surface area contributed by atoms with Gasteiger partial charge in [0.2, 0.25) is 0 Å². The topological polar surface area (TPSA) is 83.4 Å². The number of nitrogens with zero attached hydrogens (tertiary/aromatic N) is 4. The highest BCUT2D eigenvalue weighted by molar-refractivity contribution is 7.26. The second-order valence-electron chi connectivity index (χ2n) is 7.99. The van der Waals surface area contributed by atoms with Crippen LogP contribution in [0.1, 0.15) is 18.1 Å². The van der Waals surface area contributed by atoms with Gasteiger partial charge in [-0.3, -0.25) is 0 Å². The van der Waals surface area contributed by atoms with Crippen molar-refractivity contribution in [3.63, 3.8) is 0 Å². The van der Waals surface area contributed by atoms with Crippen LogP contribution < -0.4 is 15.0 Å². The van der Waals surface area contributed by atoms with Gasteiger partial charge in [-0.15, -0.1) is 11.3 Å². The minimum Gasteiger partial charge on any atom is -0.461 e. The van der Waals surface area contributed by atoms with E-state index in [1.165, 1.54) is 11.1 Å². The Hall–Kier alpha value is -2.81. The van der Waals surface area contributed by atoms with Crippen molar-refractivity contribution in [2.75, 3.05) is 44.3 Å². The molecule has 1 fully saturated rings. The Bertz CT molecular complexity index is 1250. The summed E-state index contributed by atoms with van der Waals surface area (Å²) in [5.41, 5.74) is 5.44. The Kier molecular flexibility index (Phi) is 5.91. The Morgan fingerprint density at radius 3 is 2.62 bits per heavy atom. The molecule has 3 aromatic heterocycles. The lowest BCUT2D eigenvalue weighted by atomic mass is 10.0. The number of benzene rings is 1. The number of aliphatic hydroxyl groups is 1. The van der Waals surface area contributed by atoms with Gasteiger partial charge in [0.25, 0.3) is 0 Å². The molecular weight excluding hydrogens is 422 g/mol. The lowest BCUT2D eigenvalue weighted by Gasteiger charge is -2.28. The maximum Gasteiger partial charge on any atom is 0.319 e. The van der Waals surface area contributed by atoms with Gasteiger partial charge >= 0.3 is 6.01 Å². The van der Waals surface area contributed by atoms with Crippen molar-refractivity contribution in [3.05, 3.63) is 41.5 Å². The second-order valence-corrected chi connectivity index (χ2v) is 8.98. The standard InChI is InChI=1S/C24H27N5O2S/c1-3-16-14-18(17-6-4-15(2)5-7-17)26-23-19(16)20-21(32-23)22(29-10-8-25-9-11-29)28-24(27-20)31-13-12-30/h4-7,14,25,30H,3,8-13H2,1-2H3. The molecule has 1 saturated heterocycles. The molecule has 7 nitrogen and oxygen atoms in total. The molecule has 8 heteroatoms. The van der Waals surface area contributed by atoms with E-state index in [1.54, 1.807) is 11.3 Å². The van der Waals surface area contributed by atoms with Gasteiger partial charge in [-0.2, -0.15) is 9.97 Å². The summed E-state index contributed by atoms with van der Waals surface area (Å²) < 4.78 is 6.70. The highest BCUT2D eigenvalue weighted by Crippen LogP contribution is 2.41. The highest BCUT2D eigenvalue weighted by atomic mass is 32.1. The number of nitrogens with one attached hydrogen (secondary N) is 1. The van der Waals surface area contributed by atoms with Gasteiger partial charge in [0.15, 0.2) is 5.82 Å². The van der Waals surface area contributed by atoms with Crippen LogP contribution in [0.4, 0.5) is 5.82 Å². The van der Waals surface area contributed by atoms with Crippen LogP contribution in [0.3, 0.4) is 0 Å². The van der Waals surface area contributed by atoms with Gasteiger partial charge in [0.05, 0.1) is 17.0 Å². The fourth-order valence-corrected chi connectivity index (χ4v) is 5.30. The van der Waals surface area contributed by atoms with Gasteiger partial charge in [0.1, 0.15) is 17.0 Å². The van der Waals surface area contributed by atoms with Crippen LogP contribution in [0, 0.1) is 6.92 Å². The molecule has 0 saturated carbocycles. The summed E-state index contributed by atoms with van der Waals surface area (Å²) in [5, 5.41) is 13.7. The minimum absolute atomic E-state index is 0.0730. The average molecular weight is 450 g/mol. The van der Waals surface area contributed by atoms with E-state index in [4.69, 9.17) is 19.7 Å². The summed E-state index contributed by atoms with van der Waals surface area (Å²) in [6, 6.07) is 11.0. The predicted molar refractivity (Wildman–Crippen MR) is 130 cm³/mol. The molecule has 2 N–H and O–H groups in total. The van der Waals surface area contributed by atoms with E-state index in [0.717, 1.165) is 70.1 Å². The first-order valence-electron chi connectivity index (χ1n) is 11.1. The summed E-state index contributed by atoms with van der Waals surface area (Å²) >= 11 is 1.65. The predicted octanol–water partition coefficient (Wildman–Crippen LogP) is 3.56. The Labute approximate surface area is 191 Å². The smallest absolute Gasteiger partial charge is 0.319 e. The molecule has 0 bridgehead atoms. The van der Waals surface area contributed by atoms with Crippen LogP contribution in [0.5, 0.6) is 6.01 Å². The van der Waals surface area contributed by atoms with Crippen molar-refractivity contribution in [1.29, 1.82) is 0 Å². The number of aromatic nitrogens is 3. The maximum absolute atomic E-state index is 9.22. The van der Waals surface area contributed by atoms with E-state index in [9.17, 15) is 5.11 Å². The number of aryl methyl sites for hydroxylation is 2. The molecule has 0 radical (unpaired) electrons. The number of aliphatic hydroxyl groups excluding tert-OH is 1. The summed E-state index contributed by atoms with van der Waals surface area (Å²) in [6.07, 6.45) is 0.878. The summed E-state index contributed by atoms with van der Waals surface area (Å²) in [5.74, 6) is 0.895. The first-order valence-corrected chi connectivity index (χ1v) is 11.9. The number of hydrogen-bond acceptors (Lipinski definition) is 8. The molecular formula is C24H27N5O2S. The van der Waals surface area contributed by atoms with Crippen LogP contribution in [-0.4, -0.2) is 59.5 Å². The number of thiophene rings is 1. The summed E-state index contributed by atoms with van der Waals surface area (Å²) in [6.45, 7) is 7.94. The Morgan fingerprint density at radius 2 is 1.91 bits per heavy atom. The zero-order chi connectivity index (χ0) is 22.1. The van der Waals surface area contributed by atoms with E-state index < -0.39 is 0 Å². The monoisotopic (exact) mass is 449 g/mol. The minimum atomic E-state index is -0.0730. The third kappa shape index (κ3) is 3.90. The lowest BCUT2D eigenvalue weighted by molar-refractivity contribution is 0.192. The van der Waals surface area contributed by atoms with E-state index in [-0.39, 0.29) is 13.2 Å². The number of ether oxygens (including phenoxy) is 1. The molecule has 0 unspecified atom stereocenters. The molecule has 4 aromatic rings. The molecule has 1 aliphatic rings. The number of anilines is 1. The highest BCUT2D eigenvalue weighted by Gasteiger charge is 2.23. The van der Waals surface area contributed by atoms with Gasteiger partial charge in [0, 0.05) is 37.1 Å². The molecule has 0 amide bonds. The Balaban J connectivity index is 1.73. The van der Waals surface area contributed by atoms with Crippen LogP contribution in [0.25, 0.3) is 31.7 Å². The molecule has 32 heavy (non-hydrogen) atoms. The number of rotatable bonds is 6. The normalized spacial score (nSPS) is 14.4. The third-order valence-corrected chi connectivity index (χ3v) is 6.87. The zero-order valence-corrected chi connectivity index (χ0v) is 19.2. The van der Waals surface area contributed by atoms with Gasteiger partial charge in [-0.1, -0.05) is 36.8 Å². The van der Waals surface area contributed by atoms with Gasteiger partial charge < -0.3 is 20.1 Å². The number of piperazine rings is 1. The van der Waals surface area contributed by atoms with Crippen LogP contribution in [-0.2, 0) is 6.42 Å². The molecule has 166 valence electrons. The van der Waals surface area contributed by atoms with Crippen molar-refractivity contribution in [2.45, 2.75) is 20.3 Å². The quantitative estimate of drug-likeness (QED) is 0.466. The molecule has 0 spiro atoms. The second kappa shape index (κ2) is 8.97. The fourth-order valence-electron chi connectivity index (χ4n) is 4.12. The molecule has 5 rings (SSSR count). The SMILES string of the molecule is CCc1cc(-c2ccc(C)cc2)nc2sc3c(N4CCNCC4)nc(OCCO)nc3c12. The van der Waals surface area contributed by atoms with E-state index >= 15 is 0 Å².